The third kappa shape index (κ3) is 5.72. The summed E-state index contributed by atoms with van der Waals surface area (Å²) in [6.07, 6.45) is 1.84. The molecule has 146 valence electrons. The number of rotatable bonds is 9. The topological polar surface area (TPSA) is 80.8 Å². The number of hydrogen-bond acceptors (Lipinski definition) is 6. The number of ether oxygens (including phenoxy) is 2. The Hall–Kier alpha value is -2.03. The number of nitrogens with zero attached hydrogens (tertiary/aromatic N) is 2. The molecule has 1 N–H and O–H groups in total. The average molecular weight is 391 g/mol. The molecule has 8 heteroatoms. The molecular weight excluding hydrogens is 366 g/mol. The molecule has 7 nitrogen and oxygen atoms in total. The summed E-state index contributed by atoms with van der Waals surface area (Å²) in [4.78, 5) is 30.2. The lowest BCUT2D eigenvalue weighted by molar-refractivity contribution is -0.149. The number of nitrogens with one attached hydrogen (secondary N) is 1. The minimum absolute atomic E-state index is 0.0000487. The number of morpholine rings is 1. The Morgan fingerprint density at radius 3 is 3.11 bits per heavy atom. The van der Waals surface area contributed by atoms with E-state index < -0.39 is 0 Å². The van der Waals surface area contributed by atoms with Crippen molar-refractivity contribution < 1.29 is 19.1 Å². The number of fused-ring (bicyclic) bond motifs is 1. The Morgan fingerprint density at radius 1 is 1.44 bits per heavy atom. The minimum atomic E-state index is -0.173. The van der Waals surface area contributed by atoms with Crippen molar-refractivity contribution in [3.05, 3.63) is 29.3 Å². The van der Waals surface area contributed by atoms with E-state index in [1.807, 2.05) is 18.2 Å². The van der Waals surface area contributed by atoms with Crippen LogP contribution in [0.2, 0.25) is 0 Å². The zero-order valence-electron chi connectivity index (χ0n) is 15.5. The van der Waals surface area contributed by atoms with Crippen LogP contribution in [0, 0.1) is 0 Å². The Balaban J connectivity index is 1.36. The van der Waals surface area contributed by atoms with E-state index in [2.05, 4.69) is 16.4 Å². The summed E-state index contributed by atoms with van der Waals surface area (Å²) in [5.74, 6) is -0.0366. The second-order valence-corrected chi connectivity index (χ2v) is 7.61. The maximum Gasteiger partial charge on any atom is 0.248 e. The van der Waals surface area contributed by atoms with E-state index in [4.69, 9.17) is 9.47 Å². The van der Waals surface area contributed by atoms with Crippen molar-refractivity contribution in [2.75, 3.05) is 40.0 Å². The molecule has 0 radical (unpaired) electrons. The van der Waals surface area contributed by atoms with Crippen LogP contribution < -0.4 is 5.32 Å². The molecule has 2 amide bonds. The fourth-order valence-electron chi connectivity index (χ4n) is 2.96. The Bertz CT molecular complexity index is 746. The monoisotopic (exact) mass is 391 g/mol. The summed E-state index contributed by atoms with van der Waals surface area (Å²) in [5.41, 5.74) is 1.02. The number of benzene rings is 1. The van der Waals surface area contributed by atoms with Crippen LogP contribution in [-0.4, -0.2) is 67.8 Å². The Morgan fingerprint density at radius 2 is 2.30 bits per heavy atom. The van der Waals surface area contributed by atoms with Crippen LogP contribution in [0.4, 0.5) is 0 Å². The molecular formula is C19H25N3O4S. The van der Waals surface area contributed by atoms with Crippen molar-refractivity contribution in [3.63, 3.8) is 0 Å². The van der Waals surface area contributed by atoms with Crippen molar-refractivity contribution >= 4 is 33.4 Å². The predicted octanol–water partition coefficient (Wildman–Crippen LogP) is 1.61. The molecule has 0 aliphatic carbocycles. The van der Waals surface area contributed by atoms with Crippen LogP contribution in [-0.2, 0) is 25.5 Å². The number of hydrogen-bond donors (Lipinski definition) is 1. The van der Waals surface area contributed by atoms with Gasteiger partial charge in [0.25, 0.3) is 0 Å². The quantitative estimate of drug-likeness (QED) is 0.702. The van der Waals surface area contributed by atoms with Gasteiger partial charge in [0.2, 0.25) is 11.8 Å². The van der Waals surface area contributed by atoms with E-state index in [1.54, 1.807) is 23.3 Å². The summed E-state index contributed by atoms with van der Waals surface area (Å²) in [6, 6.07) is 8.06. The molecule has 3 rings (SSSR count). The van der Waals surface area contributed by atoms with Crippen LogP contribution in [0.15, 0.2) is 24.3 Å². The number of thiazole rings is 1. The van der Waals surface area contributed by atoms with Gasteiger partial charge in [-0.2, -0.15) is 0 Å². The molecule has 1 atom stereocenters. The van der Waals surface area contributed by atoms with Gasteiger partial charge in [0.1, 0.15) is 6.61 Å². The zero-order valence-corrected chi connectivity index (χ0v) is 16.3. The first kappa shape index (κ1) is 19.7. The highest BCUT2D eigenvalue weighted by Gasteiger charge is 2.26. The summed E-state index contributed by atoms with van der Waals surface area (Å²) < 4.78 is 11.7. The van der Waals surface area contributed by atoms with Crippen LogP contribution in [0.3, 0.4) is 0 Å². The van der Waals surface area contributed by atoms with Gasteiger partial charge < -0.3 is 19.7 Å². The van der Waals surface area contributed by atoms with Gasteiger partial charge >= 0.3 is 0 Å². The van der Waals surface area contributed by atoms with Gasteiger partial charge in [-0.3, -0.25) is 9.59 Å². The zero-order chi connectivity index (χ0) is 19.1. The van der Waals surface area contributed by atoms with E-state index in [1.165, 1.54) is 4.70 Å². The molecule has 0 spiro atoms. The van der Waals surface area contributed by atoms with E-state index in [9.17, 15) is 9.59 Å². The predicted molar refractivity (Wildman–Crippen MR) is 104 cm³/mol. The van der Waals surface area contributed by atoms with E-state index in [0.29, 0.717) is 32.7 Å². The van der Waals surface area contributed by atoms with E-state index >= 15 is 0 Å². The highest BCUT2D eigenvalue weighted by atomic mass is 32.1. The lowest BCUT2D eigenvalue weighted by Gasteiger charge is -2.32. The fourth-order valence-corrected chi connectivity index (χ4v) is 3.97. The number of carbonyl (C=O) groups excluding carboxylic acids is 2. The first-order valence-corrected chi connectivity index (χ1v) is 9.97. The third-order valence-corrected chi connectivity index (χ3v) is 5.54. The molecule has 1 saturated heterocycles. The fraction of sp³-hybridized carbons (Fsp3) is 0.526. The van der Waals surface area contributed by atoms with Gasteiger partial charge in [-0.15, -0.1) is 11.3 Å². The van der Waals surface area contributed by atoms with E-state index in [0.717, 1.165) is 23.4 Å². The Kier molecular flexibility index (Phi) is 7.14. The van der Waals surface area contributed by atoms with Crippen LogP contribution in [0.5, 0.6) is 0 Å². The molecule has 1 aliphatic heterocycles. The molecule has 27 heavy (non-hydrogen) atoms. The molecule has 0 bridgehead atoms. The number of para-hydroxylation sites is 1. The number of amides is 2. The second kappa shape index (κ2) is 9.77. The van der Waals surface area contributed by atoms with Crippen molar-refractivity contribution in [3.8, 4) is 0 Å². The summed E-state index contributed by atoms with van der Waals surface area (Å²) in [6.45, 7) is 1.99. The lowest BCUT2D eigenvalue weighted by atomic mass is 10.2. The number of aromatic nitrogens is 1. The molecule has 2 aromatic rings. The average Bonchev–Trinajstić information content (AvgIpc) is 3.09. The largest absolute Gasteiger partial charge is 0.383 e. The van der Waals surface area contributed by atoms with Gasteiger partial charge in [0, 0.05) is 33.2 Å². The smallest absolute Gasteiger partial charge is 0.248 e. The minimum Gasteiger partial charge on any atom is -0.383 e. The normalized spacial score (nSPS) is 17.4. The first-order chi connectivity index (χ1) is 13.2. The van der Waals surface area contributed by atoms with Gasteiger partial charge in [-0.1, -0.05) is 12.1 Å². The summed E-state index contributed by atoms with van der Waals surface area (Å²) >= 11 is 1.68. The molecule has 2 heterocycles. The van der Waals surface area contributed by atoms with E-state index in [-0.39, 0.29) is 24.5 Å². The van der Waals surface area contributed by atoms with Crippen molar-refractivity contribution in [1.29, 1.82) is 0 Å². The first-order valence-electron chi connectivity index (χ1n) is 9.15. The highest BCUT2D eigenvalue weighted by Crippen LogP contribution is 2.22. The molecule has 1 aliphatic rings. The summed E-state index contributed by atoms with van der Waals surface area (Å²) in [5, 5.41) is 3.97. The van der Waals surface area contributed by atoms with Gasteiger partial charge in [0.05, 0.1) is 27.9 Å². The van der Waals surface area contributed by atoms with Crippen molar-refractivity contribution in [2.45, 2.75) is 25.4 Å². The van der Waals surface area contributed by atoms with Gasteiger partial charge in [0.15, 0.2) is 0 Å². The van der Waals surface area contributed by atoms with Crippen LogP contribution in [0.1, 0.15) is 17.8 Å². The molecule has 1 fully saturated rings. The maximum atomic E-state index is 12.1. The molecule has 1 unspecified atom stereocenters. The van der Waals surface area contributed by atoms with Gasteiger partial charge in [-0.25, -0.2) is 4.98 Å². The molecule has 1 aromatic heterocycles. The maximum absolute atomic E-state index is 12.1. The van der Waals surface area contributed by atoms with Crippen molar-refractivity contribution in [2.24, 2.45) is 0 Å². The third-order valence-electron chi connectivity index (χ3n) is 4.44. The molecule has 1 aromatic carbocycles. The Labute approximate surface area is 162 Å². The standard InChI is InChI=1S/C19H25N3O4S/c1-25-10-9-22-12-14(26-13-19(22)24)11-20-17(23)7-4-8-18-21-15-5-2-3-6-16(15)27-18/h2-3,5-6,14H,4,7-13H2,1H3,(H,20,23). The number of carbonyl (C=O) groups is 2. The number of aryl methyl sites for hydroxylation is 1. The van der Waals surface area contributed by atoms with Gasteiger partial charge in [-0.05, 0) is 25.0 Å². The number of methoxy groups -OCH3 is 1. The second-order valence-electron chi connectivity index (χ2n) is 6.50. The molecule has 0 saturated carbocycles. The summed E-state index contributed by atoms with van der Waals surface area (Å²) in [7, 11) is 1.61. The highest BCUT2D eigenvalue weighted by molar-refractivity contribution is 7.18. The van der Waals surface area contributed by atoms with Crippen LogP contribution >= 0.6 is 11.3 Å². The van der Waals surface area contributed by atoms with Crippen LogP contribution in [0.25, 0.3) is 10.2 Å². The van der Waals surface area contributed by atoms with Crippen molar-refractivity contribution in [1.82, 2.24) is 15.2 Å². The SMILES string of the molecule is COCCN1CC(CNC(=O)CCCc2nc3ccccc3s2)OCC1=O. The lowest BCUT2D eigenvalue weighted by Crippen LogP contribution is -2.51.